The first kappa shape index (κ1) is 16.2. The molecule has 0 radical (unpaired) electrons. The number of hydrogen-bond donors (Lipinski definition) is 2. The molecule has 3 rings (SSSR count). The van der Waals surface area contributed by atoms with E-state index in [1.165, 1.54) is 13.2 Å². The third kappa shape index (κ3) is 3.36. The van der Waals surface area contributed by atoms with E-state index < -0.39 is 0 Å². The van der Waals surface area contributed by atoms with Crippen molar-refractivity contribution >= 4 is 22.3 Å². The van der Waals surface area contributed by atoms with E-state index >= 15 is 0 Å². The van der Waals surface area contributed by atoms with Crippen LogP contribution in [0.2, 0.25) is 0 Å². The molecule has 3 aromatic rings. The van der Waals surface area contributed by atoms with Gasteiger partial charge in [-0.05, 0) is 25.2 Å². The molecule has 2 heterocycles. The summed E-state index contributed by atoms with van der Waals surface area (Å²) < 4.78 is 5.22. The third-order valence-electron chi connectivity index (χ3n) is 3.11. The van der Waals surface area contributed by atoms with Crippen LogP contribution in [0.1, 0.15) is 5.56 Å². The average Bonchev–Trinajstić information content (AvgIpc) is 2.64. The van der Waals surface area contributed by atoms with Crippen LogP contribution in [0, 0.1) is 11.3 Å². The topological polar surface area (TPSA) is 96.9 Å². The van der Waals surface area contributed by atoms with Crippen molar-refractivity contribution in [2.45, 2.75) is 0 Å². The van der Waals surface area contributed by atoms with Crippen LogP contribution in [0.25, 0.3) is 10.9 Å². The first-order valence-electron chi connectivity index (χ1n) is 6.95. The summed E-state index contributed by atoms with van der Waals surface area (Å²) in [6, 6.07) is 13.6. The van der Waals surface area contributed by atoms with Crippen LogP contribution in [0.5, 0.6) is 5.88 Å². The van der Waals surface area contributed by atoms with Crippen LogP contribution in [-0.4, -0.2) is 24.1 Å². The van der Waals surface area contributed by atoms with Gasteiger partial charge >= 0.3 is 0 Å². The second kappa shape index (κ2) is 7.73. The van der Waals surface area contributed by atoms with E-state index in [0.717, 1.165) is 11.1 Å². The Morgan fingerprint density at radius 2 is 1.87 bits per heavy atom. The molecular weight excluding hydrogens is 290 g/mol. The van der Waals surface area contributed by atoms with Gasteiger partial charge in [-0.1, -0.05) is 18.2 Å². The Bertz CT molecular complexity index is 828. The highest BCUT2D eigenvalue weighted by molar-refractivity contribution is 5.97. The maximum Gasteiger partial charge on any atom is 0.240 e. The van der Waals surface area contributed by atoms with Crippen LogP contribution >= 0.6 is 0 Å². The highest BCUT2D eigenvalue weighted by atomic mass is 16.5. The van der Waals surface area contributed by atoms with E-state index in [-0.39, 0.29) is 0 Å². The fraction of sp³-hybridized carbons (Fsp3) is 0.118. The number of benzene rings is 1. The average molecular weight is 307 g/mol. The predicted molar refractivity (Wildman–Crippen MR) is 90.6 cm³/mol. The number of nitrogens with one attached hydrogen (secondary N) is 1. The molecule has 1 aromatic carbocycles. The van der Waals surface area contributed by atoms with Crippen LogP contribution in [-0.2, 0) is 0 Å². The van der Waals surface area contributed by atoms with Gasteiger partial charge in [0, 0.05) is 23.5 Å². The molecule has 23 heavy (non-hydrogen) atoms. The lowest BCUT2D eigenvalue weighted by Crippen LogP contribution is -1.98. The standard InChI is InChI=1S/C16H12N4O.CH5N/c1-21-16-15-13(7-8-18-16)14(11(9-17)10-19-15)20-12-5-3-2-4-6-12;1-2/h2-8,10H,1H3,(H,19,20);2H2,1H3. The number of hydrogen-bond acceptors (Lipinski definition) is 6. The fourth-order valence-corrected chi connectivity index (χ4v) is 2.13. The second-order valence-electron chi connectivity index (χ2n) is 4.37. The maximum atomic E-state index is 9.31. The molecule has 0 aliphatic heterocycles. The van der Waals surface area contributed by atoms with E-state index in [1.54, 1.807) is 13.3 Å². The van der Waals surface area contributed by atoms with Crippen LogP contribution in [0.3, 0.4) is 0 Å². The zero-order valence-electron chi connectivity index (χ0n) is 12.9. The molecule has 3 N–H and O–H groups in total. The lowest BCUT2D eigenvalue weighted by molar-refractivity contribution is 0.402. The summed E-state index contributed by atoms with van der Waals surface area (Å²) in [6.45, 7) is 0. The molecule has 6 nitrogen and oxygen atoms in total. The Kier molecular flexibility index (Phi) is 5.45. The minimum Gasteiger partial charge on any atom is -0.479 e. The minimum atomic E-state index is 0.438. The number of nitriles is 1. The molecule has 0 atom stereocenters. The number of methoxy groups -OCH3 is 1. The van der Waals surface area contributed by atoms with Crippen molar-refractivity contribution < 1.29 is 4.74 Å². The van der Waals surface area contributed by atoms with E-state index in [9.17, 15) is 5.26 Å². The highest BCUT2D eigenvalue weighted by Gasteiger charge is 2.12. The molecule has 0 bridgehead atoms. The second-order valence-corrected chi connectivity index (χ2v) is 4.37. The summed E-state index contributed by atoms with van der Waals surface area (Å²) in [7, 11) is 3.05. The first-order chi connectivity index (χ1) is 11.3. The summed E-state index contributed by atoms with van der Waals surface area (Å²) in [5, 5.41) is 13.4. The summed E-state index contributed by atoms with van der Waals surface area (Å²) in [5.41, 5.74) is 7.20. The van der Waals surface area contributed by atoms with Gasteiger partial charge in [0.25, 0.3) is 0 Å². The number of anilines is 2. The number of nitrogens with two attached hydrogens (primary N) is 1. The molecule has 0 unspecified atom stereocenters. The molecular formula is C17H17N5O. The predicted octanol–water partition coefficient (Wildman–Crippen LogP) is 2.83. The van der Waals surface area contributed by atoms with Crippen LogP contribution < -0.4 is 15.8 Å². The third-order valence-corrected chi connectivity index (χ3v) is 3.11. The van der Waals surface area contributed by atoms with Crippen molar-refractivity contribution in [3.05, 3.63) is 54.4 Å². The SMILES string of the molecule is CN.COc1nccc2c(Nc3ccccc3)c(C#N)cnc12. The van der Waals surface area contributed by atoms with Crippen molar-refractivity contribution in [2.24, 2.45) is 5.73 Å². The van der Waals surface area contributed by atoms with Crippen molar-refractivity contribution in [2.75, 3.05) is 19.5 Å². The van der Waals surface area contributed by atoms with Crippen molar-refractivity contribution in [3.63, 3.8) is 0 Å². The van der Waals surface area contributed by atoms with E-state index in [0.29, 0.717) is 22.6 Å². The van der Waals surface area contributed by atoms with Gasteiger partial charge in [-0.25, -0.2) is 9.97 Å². The lowest BCUT2D eigenvalue weighted by atomic mass is 10.1. The zero-order chi connectivity index (χ0) is 16.7. The number of nitrogens with zero attached hydrogens (tertiary/aromatic N) is 3. The molecule has 0 spiro atoms. The normalized spacial score (nSPS) is 9.48. The highest BCUT2D eigenvalue weighted by Crippen LogP contribution is 2.31. The van der Waals surface area contributed by atoms with Crippen molar-refractivity contribution in [3.8, 4) is 11.9 Å². The first-order valence-corrected chi connectivity index (χ1v) is 6.95. The maximum absolute atomic E-state index is 9.31. The summed E-state index contributed by atoms with van der Waals surface area (Å²) in [5.74, 6) is 0.438. The Morgan fingerprint density at radius 3 is 2.52 bits per heavy atom. The molecule has 0 saturated carbocycles. The largest absolute Gasteiger partial charge is 0.479 e. The number of ether oxygens (including phenoxy) is 1. The monoisotopic (exact) mass is 307 g/mol. The Balaban J connectivity index is 0.000000924. The van der Waals surface area contributed by atoms with Crippen molar-refractivity contribution in [1.82, 2.24) is 9.97 Å². The molecule has 0 amide bonds. The number of para-hydroxylation sites is 1. The van der Waals surface area contributed by atoms with Gasteiger partial charge in [0.2, 0.25) is 5.88 Å². The quantitative estimate of drug-likeness (QED) is 0.772. The molecule has 6 heteroatoms. The molecule has 116 valence electrons. The number of rotatable bonds is 3. The van der Waals surface area contributed by atoms with E-state index in [4.69, 9.17) is 4.74 Å². The zero-order valence-corrected chi connectivity index (χ0v) is 12.9. The number of pyridine rings is 2. The number of aromatic nitrogens is 2. The van der Waals surface area contributed by atoms with Gasteiger partial charge in [0.05, 0.1) is 18.4 Å². The molecule has 0 saturated heterocycles. The van der Waals surface area contributed by atoms with E-state index in [2.05, 4.69) is 27.1 Å². The van der Waals surface area contributed by atoms with Gasteiger partial charge in [-0.3, -0.25) is 0 Å². The molecule has 2 aromatic heterocycles. The van der Waals surface area contributed by atoms with E-state index in [1.807, 2.05) is 36.4 Å². The summed E-state index contributed by atoms with van der Waals surface area (Å²) in [6.07, 6.45) is 3.16. The van der Waals surface area contributed by atoms with Crippen LogP contribution in [0.4, 0.5) is 11.4 Å². The molecule has 0 aliphatic carbocycles. The van der Waals surface area contributed by atoms with Gasteiger partial charge < -0.3 is 15.8 Å². The molecule has 0 aliphatic rings. The van der Waals surface area contributed by atoms with Crippen LogP contribution in [0.15, 0.2) is 48.8 Å². The van der Waals surface area contributed by atoms with Gasteiger partial charge in [0.15, 0.2) is 0 Å². The van der Waals surface area contributed by atoms with Crippen molar-refractivity contribution in [1.29, 1.82) is 5.26 Å². The minimum absolute atomic E-state index is 0.438. The Morgan fingerprint density at radius 1 is 1.13 bits per heavy atom. The summed E-state index contributed by atoms with van der Waals surface area (Å²) >= 11 is 0. The number of fused-ring (bicyclic) bond motifs is 1. The lowest BCUT2D eigenvalue weighted by Gasteiger charge is -2.12. The molecule has 0 fully saturated rings. The van der Waals surface area contributed by atoms with Gasteiger partial charge in [0.1, 0.15) is 11.6 Å². The van der Waals surface area contributed by atoms with Gasteiger partial charge in [-0.2, -0.15) is 5.26 Å². The Labute approximate surface area is 134 Å². The fourth-order valence-electron chi connectivity index (χ4n) is 2.13. The summed E-state index contributed by atoms with van der Waals surface area (Å²) in [4.78, 5) is 8.41. The smallest absolute Gasteiger partial charge is 0.240 e. The Hall–Kier alpha value is -3.17. The van der Waals surface area contributed by atoms with Gasteiger partial charge in [-0.15, -0.1) is 0 Å².